The summed E-state index contributed by atoms with van der Waals surface area (Å²) < 4.78 is 13.8. The van der Waals surface area contributed by atoms with E-state index in [1.165, 1.54) is 70.7 Å². The van der Waals surface area contributed by atoms with Crippen LogP contribution in [0.4, 0.5) is 4.39 Å². The van der Waals surface area contributed by atoms with E-state index in [-0.39, 0.29) is 79.3 Å². The summed E-state index contributed by atoms with van der Waals surface area (Å²) in [4.78, 5) is 143. The number of likely N-dealkylation sites (N-methyl/N-ethyl adjacent to an activating group) is 1. The lowest BCUT2D eigenvalue weighted by Crippen LogP contribution is -2.65. The molecule has 0 spiro atoms. The molecule has 0 bridgehead atoms. The zero-order chi connectivity index (χ0) is 63.8. The van der Waals surface area contributed by atoms with Crippen LogP contribution in [-0.2, 0) is 43.2 Å². The Morgan fingerprint density at radius 1 is 0.624 bits per heavy atom. The van der Waals surface area contributed by atoms with Gasteiger partial charge in [-0.25, -0.2) is 4.39 Å². The molecule has 1 heterocycles. The first-order valence-corrected chi connectivity index (χ1v) is 31.0. The molecule has 2 saturated carbocycles. The van der Waals surface area contributed by atoms with Gasteiger partial charge < -0.3 is 57.7 Å². The molecule has 0 radical (unpaired) electrons. The van der Waals surface area contributed by atoms with Gasteiger partial charge in [-0.3, -0.25) is 47.9 Å². The van der Waals surface area contributed by atoms with E-state index in [1.807, 2.05) is 67.5 Å². The molecule has 10 amide bonds. The molecule has 6 atom stereocenters. The minimum absolute atomic E-state index is 0.0300. The molecule has 4 rings (SSSR count). The van der Waals surface area contributed by atoms with Crippen LogP contribution in [0.25, 0.3) is 0 Å². The monoisotopic (exact) mass is 1190 g/mol. The third-order valence-corrected chi connectivity index (χ3v) is 16.4. The number of benzene rings is 1. The third-order valence-electron chi connectivity index (χ3n) is 16.4. The van der Waals surface area contributed by atoms with Crippen molar-refractivity contribution in [1.29, 1.82) is 0 Å². The van der Waals surface area contributed by atoms with Gasteiger partial charge in [-0.2, -0.15) is 0 Å². The van der Waals surface area contributed by atoms with Crippen LogP contribution in [0.1, 0.15) is 197 Å². The second kappa shape index (κ2) is 31.5. The van der Waals surface area contributed by atoms with Crippen molar-refractivity contribution in [1.82, 2.24) is 57.7 Å². The summed E-state index contributed by atoms with van der Waals surface area (Å²) in [5, 5.41) is 25.5. The molecule has 0 aromatic heterocycles. The maximum atomic E-state index is 14.5. The van der Waals surface area contributed by atoms with E-state index in [9.17, 15) is 52.3 Å². The van der Waals surface area contributed by atoms with Crippen molar-refractivity contribution in [3.8, 4) is 0 Å². The van der Waals surface area contributed by atoms with E-state index >= 15 is 0 Å². The Balaban J connectivity index is 1.43. The molecule has 2 aliphatic carbocycles. The second-order valence-corrected chi connectivity index (χ2v) is 27.7. The summed E-state index contributed by atoms with van der Waals surface area (Å²) in [5.74, 6) is -6.24. The molecule has 22 heteroatoms. The van der Waals surface area contributed by atoms with Crippen molar-refractivity contribution in [2.45, 2.75) is 239 Å². The summed E-state index contributed by atoms with van der Waals surface area (Å²) in [5.41, 5.74) is -4.74. The molecular weight excluding hydrogens is 1090 g/mol. The number of carbonyl (C=O) groups excluding carboxylic acids is 10. The van der Waals surface area contributed by atoms with Crippen molar-refractivity contribution in [3.05, 3.63) is 35.6 Å². The Hall–Kier alpha value is -6.19. The Morgan fingerprint density at radius 2 is 1.12 bits per heavy atom. The Bertz CT molecular complexity index is 2490. The molecule has 1 aromatic rings. The largest absolute Gasteiger partial charge is 0.354 e. The fourth-order valence-electron chi connectivity index (χ4n) is 11.5. The first kappa shape index (κ1) is 71.3. The van der Waals surface area contributed by atoms with Crippen LogP contribution < -0.4 is 47.9 Å². The summed E-state index contributed by atoms with van der Waals surface area (Å²) in [6.45, 7) is 23.1. The van der Waals surface area contributed by atoms with Gasteiger partial charge in [0.1, 0.15) is 52.6 Å². The first-order chi connectivity index (χ1) is 39.5. The number of carbonyl (C=O) groups is 10. The van der Waals surface area contributed by atoms with Crippen LogP contribution in [0.15, 0.2) is 24.3 Å². The van der Waals surface area contributed by atoms with Crippen molar-refractivity contribution in [2.75, 3.05) is 33.7 Å². The predicted octanol–water partition coefficient (Wildman–Crippen LogP) is 4.91. The Kier molecular flexibility index (Phi) is 26.4. The van der Waals surface area contributed by atoms with Gasteiger partial charge in [0, 0.05) is 31.6 Å². The van der Waals surface area contributed by atoms with Crippen LogP contribution >= 0.6 is 0 Å². The van der Waals surface area contributed by atoms with Crippen LogP contribution in [0.3, 0.4) is 0 Å². The van der Waals surface area contributed by atoms with Crippen LogP contribution in [0.5, 0.6) is 0 Å². The number of rotatable bonds is 31. The smallest absolute Gasteiger partial charge is 0.254 e. The minimum atomic E-state index is -1.66. The molecule has 21 nitrogen and oxygen atoms in total. The van der Waals surface area contributed by atoms with E-state index in [0.29, 0.717) is 25.3 Å². The highest BCUT2D eigenvalue weighted by molar-refractivity contribution is 6.01. The van der Waals surface area contributed by atoms with E-state index in [4.69, 9.17) is 0 Å². The highest BCUT2D eigenvalue weighted by Gasteiger charge is 2.43. The number of nitrogens with one attached hydrogen (secondary N) is 9. The van der Waals surface area contributed by atoms with E-state index in [0.717, 1.165) is 57.9 Å². The summed E-state index contributed by atoms with van der Waals surface area (Å²) in [6, 6.07) is -0.334. The minimum Gasteiger partial charge on any atom is -0.354 e. The fraction of sp³-hybridized carbons (Fsp3) is 0.746. The van der Waals surface area contributed by atoms with Gasteiger partial charge in [0.15, 0.2) is 0 Å². The first-order valence-electron chi connectivity index (χ1n) is 31.0. The average molecular weight is 1190 g/mol. The Labute approximate surface area is 504 Å². The molecule has 85 heavy (non-hydrogen) atoms. The summed E-state index contributed by atoms with van der Waals surface area (Å²) in [6.07, 6.45) is 9.86. The normalized spacial score (nSPS) is 18.8. The van der Waals surface area contributed by atoms with Crippen molar-refractivity contribution in [2.24, 2.45) is 29.6 Å². The molecule has 1 saturated heterocycles. The molecule has 0 unspecified atom stereocenters. The molecule has 3 aliphatic rings. The summed E-state index contributed by atoms with van der Waals surface area (Å²) in [7, 11) is 3.91. The highest BCUT2D eigenvalue weighted by Crippen LogP contribution is 2.33. The zero-order valence-electron chi connectivity index (χ0n) is 53.7. The van der Waals surface area contributed by atoms with Crippen LogP contribution in [-0.4, -0.2) is 155 Å². The number of hydrogen-bond donors (Lipinski definition) is 9. The molecule has 3 fully saturated rings. The van der Waals surface area contributed by atoms with Gasteiger partial charge in [-0.15, -0.1) is 0 Å². The summed E-state index contributed by atoms with van der Waals surface area (Å²) >= 11 is 0. The molecule has 9 N–H and O–H groups in total. The topological polar surface area (TPSA) is 285 Å². The van der Waals surface area contributed by atoms with E-state index in [1.54, 1.807) is 0 Å². The van der Waals surface area contributed by atoms with Gasteiger partial charge in [0.25, 0.3) is 5.91 Å². The predicted molar refractivity (Wildman–Crippen MR) is 324 cm³/mol. The van der Waals surface area contributed by atoms with Gasteiger partial charge >= 0.3 is 0 Å². The zero-order valence-corrected chi connectivity index (χ0v) is 53.7. The van der Waals surface area contributed by atoms with Crippen molar-refractivity contribution >= 4 is 59.1 Å². The SMILES string of the molecule is CC(C)C[C@H](NC(=O)[C@H](CCC1CCCCC1)NC(=O)[C@@H]1C[C@H](C)CN1C(=O)c1ccc(F)cc1)C(=O)NC(C)(C)C(=O)N[C@@H](CC(C)C)C(=O)N[C@@H](CC(C)C)C(=O)NC(C)(C)C(=O)NC(C)(C)C(=O)NCCC(=O)NC1(CN(C)C)CCC1. The number of amides is 10. The quantitative estimate of drug-likeness (QED) is 0.0482. The lowest BCUT2D eigenvalue weighted by Gasteiger charge is -2.44. The van der Waals surface area contributed by atoms with Crippen molar-refractivity contribution < 1.29 is 52.3 Å². The van der Waals surface area contributed by atoms with Gasteiger partial charge in [-0.1, -0.05) is 80.6 Å². The maximum absolute atomic E-state index is 14.5. The van der Waals surface area contributed by atoms with Crippen LogP contribution in [0.2, 0.25) is 0 Å². The average Bonchev–Trinajstić information content (AvgIpc) is 3.12. The molecular formula is C63H104FN11O10. The lowest BCUT2D eigenvalue weighted by atomic mass is 9.76. The number of likely N-dealkylation sites (tertiary alicyclic amines) is 1. The molecule has 1 aromatic carbocycles. The van der Waals surface area contributed by atoms with Gasteiger partial charge in [0.05, 0.1) is 5.54 Å². The number of halogens is 1. The van der Waals surface area contributed by atoms with Crippen molar-refractivity contribution in [3.63, 3.8) is 0 Å². The molecule has 1 aliphatic heterocycles. The van der Waals surface area contributed by atoms with Crippen LogP contribution in [0, 0.1) is 35.4 Å². The van der Waals surface area contributed by atoms with Gasteiger partial charge in [0.2, 0.25) is 53.2 Å². The van der Waals surface area contributed by atoms with E-state index < -0.39 is 106 Å². The highest BCUT2D eigenvalue weighted by atomic mass is 19.1. The second-order valence-electron chi connectivity index (χ2n) is 27.7. The standard InChI is InChI=1S/C63H104FN11O10/c1-38(2)32-46(52(78)68-48(34-40(5)6)54(80)72-62(12,13)59(85)73-60(8,9)57(83)65-31-28-50(76)70-63(29-19-30-63)37-74(14)15)69-58(84)61(10,11)71-53(79)47(33-39(3)4)67-51(77)45(27-22-42-20-17-16-18-21-42)66-55(81)49-35-41(7)36-75(49)56(82)43-23-25-44(64)26-24-43/h23-26,38-42,45-49H,16-22,27-37H2,1-15H3,(H,65,83)(H,66,81)(H,67,77)(H,68,78)(H,69,84)(H,70,76)(H,71,79)(H,72,80)(H,73,85)/t41-,45-,46-,47-,48-,49-/m0/s1. The maximum Gasteiger partial charge on any atom is 0.254 e. The van der Waals surface area contributed by atoms with Gasteiger partial charge in [-0.05, 0) is 167 Å². The third kappa shape index (κ3) is 22.2. The molecule has 478 valence electrons. The number of nitrogens with zero attached hydrogens (tertiary/aromatic N) is 2. The lowest BCUT2D eigenvalue weighted by molar-refractivity contribution is -0.139. The fourth-order valence-corrected chi connectivity index (χ4v) is 11.5. The Morgan fingerprint density at radius 3 is 1.61 bits per heavy atom. The van der Waals surface area contributed by atoms with E-state index in [2.05, 4.69) is 47.9 Å². The number of hydrogen-bond acceptors (Lipinski definition) is 11.